The van der Waals surface area contributed by atoms with Crippen molar-refractivity contribution in [1.29, 1.82) is 5.26 Å². The minimum absolute atomic E-state index is 0.341. The highest BCUT2D eigenvalue weighted by Gasteiger charge is 2.17. The van der Waals surface area contributed by atoms with Crippen LogP contribution < -0.4 is 5.32 Å². The van der Waals surface area contributed by atoms with Crippen molar-refractivity contribution in [2.45, 2.75) is 20.0 Å². The van der Waals surface area contributed by atoms with Gasteiger partial charge in [0.05, 0.1) is 11.3 Å². The fourth-order valence-corrected chi connectivity index (χ4v) is 2.13. The van der Waals surface area contributed by atoms with E-state index in [1.807, 2.05) is 37.3 Å². The number of ether oxygens (including phenoxy) is 1. The predicted molar refractivity (Wildman–Crippen MR) is 95.6 cm³/mol. The Morgan fingerprint density at radius 1 is 1.20 bits per heavy atom. The van der Waals surface area contributed by atoms with Gasteiger partial charge in [0.2, 0.25) is 0 Å². The first kappa shape index (κ1) is 18.0. The van der Waals surface area contributed by atoms with Gasteiger partial charge in [-0.3, -0.25) is 4.79 Å². The van der Waals surface area contributed by atoms with E-state index in [1.54, 1.807) is 30.3 Å². The Morgan fingerprint density at radius 3 is 2.68 bits per heavy atom. The summed E-state index contributed by atoms with van der Waals surface area (Å²) in [6.07, 6.45) is 1.92. The molecule has 0 heterocycles. The maximum absolute atomic E-state index is 12.1. The number of carbonyl (C=O) groups is 2. The largest absolute Gasteiger partial charge is 0.449 e. The van der Waals surface area contributed by atoms with Gasteiger partial charge in [-0.05, 0) is 37.6 Å². The Hall–Kier alpha value is -3.39. The molecule has 126 valence electrons. The van der Waals surface area contributed by atoms with E-state index in [0.29, 0.717) is 11.3 Å². The van der Waals surface area contributed by atoms with Crippen LogP contribution in [0.1, 0.15) is 23.6 Å². The molecule has 0 saturated carbocycles. The molecule has 0 aliphatic rings. The van der Waals surface area contributed by atoms with Gasteiger partial charge in [-0.2, -0.15) is 5.26 Å². The molecule has 0 aliphatic carbocycles. The summed E-state index contributed by atoms with van der Waals surface area (Å²) in [4.78, 5) is 24.0. The SMILES string of the molecule is Cc1cccc(/C=C/C(=O)O[C@H](C)C(=O)Nc2ccccc2C#N)c1. The van der Waals surface area contributed by atoms with Crippen LogP contribution in [0.4, 0.5) is 5.69 Å². The highest BCUT2D eigenvalue weighted by molar-refractivity contribution is 5.97. The summed E-state index contributed by atoms with van der Waals surface area (Å²) in [5.41, 5.74) is 2.68. The first-order valence-corrected chi connectivity index (χ1v) is 7.75. The van der Waals surface area contributed by atoms with E-state index in [0.717, 1.165) is 11.1 Å². The Morgan fingerprint density at radius 2 is 1.96 bits per heavy atom. The first-order chi connectivity index (χ1) is 12.0. The smallest absolute Gasteiger partial charge is 0.331 e. The number of aryl methyl sites for hydroxylation is 1. The van der Waals surface area contributed by atoms with Crippen LogP contribution in [0.2, 0.25) is 0 Å². The zero-order valence-electron chi connectivity index (χ0n) is 14.0. The Balaban J connectivity index is 1.94. The number of para-hydroxylation sites is 1. The molecule has 0 spiro atoms. The molecule has 1 N–H and O–H groups in total. The molecule has 0 radical (unpaired) electrons. The Kier molecular flexibility index (Phi) is 6.08. The molecular weight excluding hydrogens is 316 g/mol. The lowest BCUT2D eigenvalue weighted by atomic mass is 10.1. The molecule has 25 heavy (non-hydrogen) atoms. The molecule has 2 aromatic rings. The second-order valence-electron chi connectivity index (χ2n) is 5.47. The molecule has 0 aliphatic heterocycles. The van der Waals surface area contributed by atoms with Crippen LogP contribution in [-0.2, 0) is 14.3 Å². The predicted octanol–water partition coefficient (Wildman–Crippen LogP) is 3.45. The minimum atomic E-state index is -0.985. The minimum Gasteiger partial charge on any atom is -0.449 e. The molecule has 1 amide bonds. The fraction of sp³-hybridized carbons (Fsp3) is 0.150. The van der Waals surface area contributed by atoms with Crippen molar-refractivity contribution in [1.82, 2.24) is 0 Å². The summed E-state index contributed by atoms with van der Waals surface area (Å²) in [6, 6.07) is 16.3. The van der Waals surface area contributed by atoms with Gasteiger partial charge in [-0.25, -0.2) is 4.79 Å². The Bertz CT molecular complexity index is 850. The number of nitriles is 1. The maximum atomic E-state index is 12.1. The molecule has 2 rings (SSSR count). The van der Waals surface area contributed by atoms with Crippen LogP contribution in [0.15, 0.2) is 54.6 Å². The number of nitrogens with one attached hydrogen (secondary N) is 1. The lowest BCUT2D eigenvalue weighted by Gasteiger charge is -2.13. The molecule has 0 aromatic heterocycles. The molecule has 1 atom stereocenters. The van der Waals surface area contributed by atoms with Crippen LogP contribution in [0.3, 0.4) is 0 Å². The van der Waals surface area contributed by atoms with Crippen molar-refractivity contribution in [3.05, 3.63) is 71.3 Å². The number of hydrogen-bond acceptors (Lipinski definition) is 4. The van der Waals surface area contributed by atoms with Gasteiger partial charge in [0.25, 0.3) is 5.91 Å². The molecule has 0 bridgehead atoms. The zero-order chi connectivity index (χ0) is 18.2. The number of rotatable bonds is 5. The van der Waals surface area contributed by atoms with Gasteiger partial charge in [0.1, 0.15) is 6.07 Å². The quantitative estimate of drug-likeness (QED) is 0.671. The van der Waals surface area contributed by atoms with Gasteiger partial charge in [0, 0.05) is 6.08 Å². The third-order valence-electron chi connectivity index (χ3n) is 3.42. The average molecular weight is 334 g/mol. The molecule has 0 fully saturated rings. The van der Waals surface area contributed by atoms with Crippen LogP contribution in [0.25, 0.3) is 6.08 Å². The highest BCUT2D eigenvalue weighted by atomic mass is 16.5. The van der Waals surface area contributed by atoms with E-state index in [1.165, 1.54) is 13.0 Å². The third kappa shape index (κ3) is 5.33. The van der Waals surface area contributed by atoms with E-state index in [9.17, 15) is 9.59 Å². The second kappa shape index (κ2) is 8.46. The standard InChI is InChI=1S/C20H18N2O3/c1-14-6-5-7-16(12-14)10-11-19(23)25-15(2)20(24)22-18-9-4-3-8-17(18)13-21/h3-12,15H,1-2H3,(H,22,24)/b11-10+/t15-/m1/s1. The Labute approximate surface area is 146 Å². The van der Waals surface area contributed by atoms with E-state index in [4.69, 9.17) is 10.00 Å². The summed E-state index contributed by atoms with van der Waals surface area (Å²) in [7, 11) is 0. The summed E-state index contributed by atoms with van der Waals surface area (Å²) in [5.74, 6) is -1.11. The zero-order valence-corrected chi connectivity index (χ0v) is 14.0. The van der Waals surface area contributed by atoms with Gasteiger partial charge in [0.15, 0.2) is 6.10 Å². The van der Waals surface area contributed by atoms with Crippen molar-refractivity contribution in [3.63, 3.8) is 0 Å². The molecule has 0 unspecified atom stereocenters. The summed E-state index contributed by atoms with van der Waals surface area (Å²) in [6.45, 7) is 3.43. The van der Waals surface area contributed by atoms with Gasteiger partial charge >= 0.3 is 5.97 Å². The van der Waals surface area contributed by atoms with Crippen LogP contribution >= 0.6 is 0 Å². The summed E-state index contributed by atoms with van der Waals surface area (Å²) >= 11 is 0. The van der Waals surface area contributed by atoms with Crippen LogP contribution in [0, 0.1) is 18.3 Å². The van der Waals surface area contributed by atoms with E-state index in [-0.39, 0.29) is 0 Å². The third-order valence-corrected chi connectivity index (χ3v) is 3.42. The average Bonchev–Trinajstić information content (AvgIpc) is 2.60. The van der Waals surface area contributed by atoms with Crippen molar-refractivity contribution in [2.75, 3.05) is 5.32 Å². The first-order valence-electron chi connectivity index (χ1n) is 7.75. The number of hydrogen-bond donors (Lipinski definition) is 1. The van der Waals surface area contributed by atoms with Crippen molar-refractivity contribution in [2.24, 2.45) is 0 Å². The van der Waals surface area contributed by atoms with Crippen molar-refractivity contribution in [3.8, 4) is 6.07 Å². The monoisotopic (exact) mass is 334 g/mol. The molecular formula is C20H18N2O3. The van der Waals surface area contributed by atoms with Gasteiger partial charge in [-0.15, -0.1) is 0 Å². The van der Waals surface area contributed by atoms with Crippen LogP contribution in [0.5, 0.6) is 0 Å². The fourth-order valence-electron chi connectivity index (χ4n) is 2.13. The lowest BCUT2D eigenvalue weighted by molar-refractivity contribution is -0.148. The topological polar surface area (TPSA) is 79.2 Å². The molecule has 2 aromatic carbocycles. The van der Waals surface area contributed by atoms with Crippen LogP contribution in [-0.4, -0.2) is 18.0 Å². The maximum Gasteiger partial charge on any atom is 0.331 e. The molecule has 5 nitrogen and oxygen atoms in total. The number of carbonyl (C=O) groups excluding carboxylic acids is 2. The lowest BCUT2D eigenvalue weighted by Crippen LogP contribution is -2.29. The van der Waals surface area contributed by atoms with E-state index in [2.05, 4.69) is 5.32 Å². The second-order valence-corrected chi connectivity index (χ2v) is 5.47. The summed E-state index contributed by atoms with van der Waals surface area (Å²) in [5, 5.41) is 11.6. The van der Waals surface area contributed by atoms with E-state index >= 15 is 0 Å². The number of esters is 1. The van der Waals surface area contributed by atoms with Gasteiger partial charge in [-0.1, -0.05) is 42.0 Å². The molecule has 0 saturated heterocycles. The summed E-state index contributed by atoms with van der Waals surface area (Å²) < 4.78 is 5.09. The number of amides is 1. The van der Waals surface area contributed by atoms with Crippen molar-refractivity contribution >= 4 is 23.6 Å². The number of benzene rings is 2. The number of anilines is 1. The van der Waals surface area contributed by atoms with Crippen molar-refractivity contribution < 1.29 is 14.3 Å². The van der Waals surface area contributed by atoms with Gasteiger partial charge < -0.3 is 10.1 Å². The van der Waals surface area contributed by atoms with E-state index < -0.39 is 18.0 Å². The highest BCUT2D eigenvalue weighted by Crippen LogP contribution is 2.14. The number of nitrogens with zero attached hydrogens (tertiary/aromatic N) is 1. The molecule has 5 heteroatoms. The normalized spacial score (nSPS) is 11.6.